The smallest absolute Gasteiger partial charge is 0.110 e. The van der Waals surface area contributed by atoms with Crippen molar-refractivity contribution in [3.05, 3.63) is 39.8 Å². The van der Waals surface area contributed by atoms with Crippen LogP contribution in [0.15, 0.2) is 28.1 Å². The van der Waals surface area contributed by atoms with E-state index in [1.165, 1.54) is 17.9 Å². The van der Waals surface area contributed by atoms with Crippen molar-refractivity contribution in [3.8, 4) is 0 Å². The van der Waals surface area contributed by atoms with Crippen molar-refractivity contribution in [2.45, 2.75) is 68.3 Å². The van der Waals surface area contributed by atoms with Gasteiger partial charge < -0.3 is 9.67 Å². The van der Waals surface area contributed by atoms with Gasteiger partial charge in [-0.2, -0.15) is 0 Å². The number of rotatable bonds is 8. The van der Waals surface area contributed by atoms with Gasteiger partial charge in [-0.15, -0.1) is 0 Å². The lowest BCUT2D eigenvalue weighted by molar-refractivity contribution is 0.285. The van der Waals surface area contributed by atoms with E-state index < -0.39 is 0 Å². The van der Waals surface area contributed by atoms with Crippen LogP contribution in [0.25, 0.3) is 0 Å². The summed E-state index contributed by atoms with van der Waals surface area (Å²) in [5.41, 5.74) is 1.12. The van der Waals surface area contributed by atoms with Gasteiger partial charge in [0.15, 0.2) is 0 Å². The molecule has 1 aromatic heterocycles. The Bertz CT molecular complexity index is 751. The van der Waals surface area contributed by atoms with E-state index in [4.69, 9.17) is 28.2 Å². The summed E-state index contributed by atoms with van der Waals surface area (Å²) in [5.74, 6) is 2.13. The highest BCUT2D eigenvalue weighted by molar-refractivity contribution is 7.99. The number of aromatic nitrogens is 2. The third-order valence-electron chi connectivity index (χ3n) is 4.83. The molecule has 1 saturated carbocycles. The number of aryl methyl sites for hydroxylation is 1. The van der Waals surface area contributed by atoms with E-state index in [1.54, 1.807) is 17.8 Å². The van der Waals surface area contributed by atoms with Crippen LogP contribution in [0.4, 0.5) is 0 Å². The van der Waals surface area contributed by atoms with Gasteiger partial charge in [-0.05, 0) is 56.2 Å². The maximum Gasteiger partial charge on any atom is 0.110 e. The Morgan fingerprint density at radius 1 is 1.19 bits per heavy atom. The molecule has 1 heterocycles. The molecule has 0 saturated heterocycles. The molecular weight excluding hydrogens is 387 g/mol. The summed E-state index contributed by atoms with van der Waals surface area (Å²) in [6.45, 7) is 6.84. The lowest BCUT2D eigenvalue weighted by Gasteiger charge is -2.20. The molecule has 0 radical (unpaired) electrons. The number of imidazole rings is 1. The van der Waals surface area contributed by atoms with Crippen molar-refractivity contribution in [2.24, 2.45) is 5.92 Å². The summed E-state index contributed by atoms with van der Waals surface area (Å²) < 4.78 is 2.40. The molecule has 3 nitrogen and oxygen atoms in total. The maximum absolute atomic E-state index is 9.29. The highest BCUT2D eigenvalue weighted by Gasteiger charge is 2.33. The van der Waals surface area contributed by atoms with Crippen molar-refractivity contribution in [1.82, 2.24) is 9.55 Å². The van der Waals surface area contributed by atoms with Crippen LogP contribution in [-0.4, -0.2) is 21.3 Å². The van der Waals surface area contributed by atoms with Crippen molar-refractivity contribution >= 4 is 35.0 Å². The molecule has 0 aliphatic heterocycles. The van der Waals surface area contributed by atoms with E-state index in [-0.39, 0.29) is 6.61 Å². The average molecular weight is 413 g/mol. The lowest BCUT2D eigenvalue weighted by atomic mass is 10.1. The largest absolute Gasteiger partial charge is 0.396 e. The van der Waals surface area contributed by atoms with E-state index in [1.807, 2.05) is 12.1 Å². The highest BCUT2D eigenvalue weighted by atomic mass is 35.5. The van der Waals surface area contributed by atoms with Gasteiger partial charge in [-0.25, -0.2) is 4.98 Å². The molecule has 0 amide bonds. The van der Waals surface area contributed by atoms with Gasteiger partial charge in [-0.3, -0.25) is 0 Å². The Hall–Kier alpha value is -0.680. The van der Waals surface area contributed by atoms with Crippen molar-refractivity contribution in [2.75, 3.05) is 6.61 Å². The van der Waals surface area contributed by atoms with Crippen LogP contribution in [0, 0.1) is 5.92 Å². The maximum atomic E-state index is 9.29. The monoisotopic (exact) mass is 412 g/mol. The van der Waals surface area contributed by atoms with Gasteiger partial charge in [0.1, 0.15) is 10.9 Å². The fourth-order valence-electron chi connectivity index (χ4n) is 3.28. The van der Waals surface area contributed by atoms with E-state index in [0.717, 1.165) is 35.2 Å². The van der Waals surface area contributed by atoms with E-state index >= 15 is 0 Å². The first kappa shape index (κ1) is 20.1. The first-order chi connectivity index (χ1) is 12.4. The Morgan fingerprint density at radius 3 is 2.38 bits per heavy atom. The summed E-state index contributed by atoms with van der Waals surface area (Å²) in [5, 5.41) is 11.8. The van der Waals surface area contributed by atoms with Gasteiger partial charge in [0.05, 0.1) is 5.69 Å². The summed E-state index contributed by atoms with van der Waals surface area (Å²) in [6, 6.07) is 6.08. The van der Waals surface area contributed by atoms with Crippen LogP contribution in [0.2, 0.25) is 10.0 Å². The molecule has 26 heavy (non-hydrogen) atoms. The number of halogens is 2. The number of benzene rings is 1. The number of aliphatic hydroxyl groups excluding tert-OH is 1. The first-order valence-corrected chi connectivity index (χ1v) is 10.8. The van der Waals surface area contributed by atoms with Crippen LogP contribution in [-0.2, 0) is 6.42 Å². The zero-order valence-corrected chi connectivity index (χ0v) is 17.8. The zero-order valence-electron chi connectivity index (χ0n) is 15.5. The van der Waals surface area contributed by atoms with Gasteiger partial charge in [-0.1, -0.05) is 48.8 Å². The first-order valence-electron chi connectivity index (χ1n) is 9.26. The molecule has 3 rings (SSSR count). The number of aliphatic hydroxyl groups is 1. The molecular formula is C20H26Cl2N2OS. The molecule has 6 heteroatoms. The number of hydrogen-bond acceptors (Lipinski definition) is 3. The van der Waals surface area contributed by atoms with Crippen molar-refractivity contribution in [3.63, 3.8) is 0 Å². The molecule has 0 spiro atoms. The molecule has 1 aliphatic rings. The summed E-state index contributed by atoms with van der Waals surface area (Å²) in [7, 11) is 0. The van der Waals surface area contributed by atoms with Gasteiger partial charge in [0, 0.05) is 34.0 Å². The molecule has 1 aromatic carbocycles. The van der Waals surface area contributed by atoms with Crippen molar-refractivity contribution < 1.29 is 5.11 Å². The van der Waals surface area contributed by atoms with Crippen LogP contribution in [0.5, 0.6) is 0 Å². The number of nitrogens with zero attached hydrogens (tertiary/aromatic N) is 2. The van der Waals surface area contributed by atoms with E-state index in [9.17, 15) is 5.11 Å². The van der Waals surface area contributed by atoms with Crippen LogP contribution in [0.3, 0.4) is 0 Å². The molecule has 0 bridgehead atoms. The highest BCUT2D eigenvalue weighted by Crippen LogP contribution is 2.45. The standard InChI is InChI=1S/C20H26Cl2N2OS/c1-12(2)19-20(26-17-10-15(21)9-16(22)11-17)24(13(3)14-6-7-14)18(23-19)5-4-8-25/h9-14,25H,4-8H2,1-3H3. The Morgan fingerprint density at radius 2 is 1.85 bits per heavy atom. The normalized spacial score (nSPS) is 15.7. The quantitative estimate of drug-likeness (QED) is 0.547. The van der Waals surface area contributed by atoms with Gasteiger partial charge in [0.25, 0.3) is 0 Å². The molecule has 1 aliphatic carbocycles. The molecule has 1 fully saturated rings. The topological polar surface area (TPSA) is 38.1 Å². The number of hydrogen-bond donors (Lipinski definition) is 1. The third-order valence-corrected chi connectivity index (χ3v) is 6.34. The SMILES string of the molecule is CC(C)c1nc(CCCO)n(C(C)C2CC2)c1Sc1cc(Cl)cc(Cl)c1. The molecule has 142 valence electrons. The second-order valence-electron chi connectivity index (χ2n) is 7.36. The van der Waals surface area contributed by atoms with Crippen LogP contribution < -0.4 is 0 Å². The van der Waals surface area contributed by atoms with Gasteiger partial charge in [0.2, 0.25) is 0 Å². The average Bonchev–Trinajstić information content (AvgIpc) is 3.34. The molecule has 1 atom stereocenters. The second kappa shape index (κ2) is 8.55. The van der Waals surface area contributed by atoms with Crippen molar-refractivity contribution in [1.29, 1.82) is 0 Å². The van der Waals surface area contributed by atoms with Crippen LogP contribution in [0.1, 0.15) is 63.5 Å². The Kier molecular flexibility index (Phi) is 6.60. The third kappa shape index (κ3) is 4.59. The predicted molar refractivity (Wildman–Crippen MR) is 110 cm³/mol. The van der Waals surface area contributed by atoms with E-state index in [2.05, 4.69) is 25.3 Å². The Balaban J connectivity index is 2.05. The lowest BCUT2D eigenvalue weighted by Crippen LogP contribution is -2.13. The molecule has 2 aromatic rings. The molecule has 1 unspecified atom stereocenters. The Labute approximate surface area is 170 Å². The van der Waals surface area contributed by atoms with Crippen LogP contribution >= 0.6 is 35.0 Å². The van der Waals surface area contributed by atoms with E-state index in [0.29, 0.717) is 22.0 Å². The zero-order chi connectivity index (χ0) is 18.8. The molecule has 1 N–H and O–H groups in total. The summed E-state index contributed by atoms with van der Waals surface area (Å²) in [4.78, 5) is 6.01. The summed E-state index contributed by atoms with van der Waals surface area (Å²) >= 11 is 14.1. The van der Waals surface area contributed by atoms with Gasteiger partial charge >= 0.3 is 0 Å². The minimum atomic E-state index is 0.189. The fourth-order valence-corrected chi connectivity index (χ4v) is 5.29. The second-order valence-corrected chi connectivity index (χ2v) is 9.29. The minimum absolute atomic E-state index is 0.189. The minimum Gasteiger partial charge on any atom is -0.396 e. The predicted octanol–water partition coefficient (Wildman–Crippen LogP) is 6.36. The fraction of sp³-hybridized carbons (Fsp3) is 0.550. The summed E-state index contributed by atoms with van der Waals surface area (Å²) in [6.07, 6.45) is 4.09.